The standard InChI is InChI=1S/C20H21N3O2/c1-25-10-9-23(20(24)11-16-12-21-15-22-13-16)14-18-7-4-6-17-5-2-3-8-19(17)18/h2-8,12-13,15H,9-11,14H2,1H3. The summed E-state index contributed by atoms with van der Waals surface area (Å²) < 4.78 is 5.18. The van der Waals surface area contributed by atoms with Crippen molar-refractivity contribution in [3.05, 3.63) is 72.3 Å². The molecule has 0 aliphatic rings. The van der Waals surface area contributed by atoms with Crippen molar-refractivity contribution in [2.45, 2.75) is 13.0 Å². The van der Waals surface area contributed by atoms with Crippen molar-refractivity contribution in [2.75, 3.05) is 20.3 Å². The molecule has 0 radical (unpaired) electrons. The van der Waals surface area contributed by atoms with Gasteiger partial charge in [-0.3, -0.25) is 4.79 Å². The third-order valence-electron chi connectivity index (χ3n) is 4.13. The molecule has 0 aliphatic carbocycles. The van der Waals surface area contributed by atoms with E-state index in [1.165, 1.54) is 17.1 Å². The number of hydrogen-bond donors (Lipinski definition) is 0. The van der Waals surface area contributed by atoms with Crippen molar-refractivity contribution in [1.29, 1.82) is 0 Å². The summed E-state index contributed by atoms with van der Waals surface area (Å²) >= 11 is 0. The normalized spacial score (nSPS) is 10.8. The minimum atomic E-state index is 0.0415. The largest absolute Gasteiger partial charge is 0.383 e. The molecule has 0 bridgehead atoms. The van der Waals surface area contributed by atoms with Crippen LogP contribution in [0.5, 0.6) is 0 Å². The fraction of sp³-hybridized carbons (Fsp3) is 0.250. The highest BCUT2D eigenvalue weighted by Crippen LogP contribution is 2.20. The van der Waals surface area contributed by atoms with Crippen LogP contribution in [0.3, 0.4) is 0 Å². The van der Waals surface area contributed by atoms with Crippen molar-refractivity contribution >= 4 is 16.7 Å². The number of fused-ring (bicyclic) bond motifs is 1. The van der Waals surface area contributed by atoms with Gasteiger partial charge >= 0.3 is 0 Å². The monoisotopic (exact) mass is 335 g/mol. The van der Waals surface area contributed by atoms with Gasteiger partial charge in [-0.2, -0.15) is 0 Å². The van der Waals surface area contributed by atoms with Crippen LogP contribution in [-0.4, -0.2) is 41.0 Å². The second-order valence-corrected chi connectivity index (χ2v) is 5.87. The van der Waals surface area contributed by atoms with Gasteiger partial charge in [0.25, 0.3) is 0 Å². The van der Waals surface area contributed by atoms with Crippen LogP contribution in [0.2, 0.25) is 0 Å². The van der Waals surface area contributed by atoms with Crippen molar-refractivity contribution < 1.29 is 9.53 Å². The third-order valence-corrected chi connectivity index (χ3v) is 4.13. The first-order valence-electron chi connectivity index (χ1n) is 8.25. The summed E-state index contributed by atoms with van der Waals surface area (Å²) in [6.45, 7) is 1.60. The van der Waals surface area contributed by atoms with Crippen LogP contribution < -0.4 is 0 Å². The van der Waals surface area contributed by atoms with Crippen LogP contribution in [0.1, 0.15) is 11.1 Å². The number of ether oxygens (including phenoxy) is 1. The Morgan fingerprint density at radius 3 is 2.64 bits per heavy atom. The molecule has 3 rings (SSSR count). The number of aromatic nitrogens is 2. The Morgan fingerprint density at radius 1 is 1.08 bits per heavy atom. The van der Waals surface area contributed by atoms with E-state index in [4.69, 9.17) is 4.74 Å². The number of nitrogens with zero attached hydrogens (tertiary/aromatic N) is 3. The van der Waals surface area contributed by atoms with Gasteiger partial charge in [-0.1, -0.05) is 42.5 Å². The minimum Gasteiger partial charge on any atom is -0.383 e. The van der Waals surface area contributed by atoms with Gasteiger partial charge in [-0.05, 0) is 21.9 Å². The highest BCUT2D eigenvalue weighted by atomic mass is 16.5. The van der Waals surface area contributed by atoms with E-state index < -0.39 is 0 Å². The average molecular weight is 335 g/mol. The smallest absolute Gasteiger partial charge is 0.227 e. The summed E-state index contributed by atoms with van der Waals surface area (Å²) in [5.41, 5.74) is 1.94. The highest BCUT2D eigenvalue weighted by Gasteiger charge is 2.16. The lowest BCUT2D eigenvalue weighted by molar-refractivity contribution is -0.131. The van der Waals surface area contributed by atoms with E-state index in [-0.39, 0.29) is 12.3 Å². The van der Waals surface area contributed by atoms with Crippen molar-refractivity contribution in [1.82, 2.24) is 14.9 Å². The zero-order valence-corrected chi connectivity index (χ0v) is 14.3. The lowest BCUT2D eigenvalue weighted by Crippen LogP contribution is -2.34. The number of amides is 1. The van der Waals surface area contributed by atoms with Crippen molar-refractivity contribution in [3.63, 3.8) is 0 Å². The van der Waals surface area contributed by atoms with Gasteiger partial charge in [0.15, 0.2) is 0 Å². The molecular weight excluding hydrogens is 314 g/mol. The Balaban J connectivity index is 1.81. The van der Waals surface area contributed by atoms with Gasteiger partial charge in [0.2, 0.25) is 5.91 Å². The maximum atomic E-state index is 12.8. The topological polar surface area (TPSA) is 55.3 Å². The molecule has 5 heteroatoms. The Morgan fingerprint density at radius 2 is 1.84 bits per heavy atom. The molecule has 128 valence electrons. The molecule has 0 aliphatic heterocycles. The van der Waals surface area contributed by atoms with E-state index in [2.05, 4.69) is 34.2 Å². The third kappa shape index (κ3) is 4.39. The molecule has 0 fully saturated rings. The van der Waals surface area contributed by atoms with Crippen LogP contribution in [0.25, 0.3) is 10.8 Å². The van der Waals surface area contributed by atoms with Gasteiger partial charge in [0.1, 0.15) is 6.33 Å². The summed E-state index contributed by atoms with van der Waals surface area (Å²) in [6.07, 6.45) is 5.11. The van der Waals surface area contributed by atoms with E-state index >= 15 is 0 Å². The maximum Gasteiger partial charge on any atom is 0.227 e. The van der Waals surface area contributed by atoms with Gasteiger partial charge in [-0.15, -0.1) is 0 Å². The number of carbonyl (C=O) groups is 1. The average Bonchev–Trinajstić information content (AvgIpc) is 2.66. The summed E-state index contributed by atoms with van der Waals surface area (Å²) in [5.74, 6) is 0.0415. The highest BCUT2D eigenvalue weighted by molar-refractivity contribution is 5.86. The van der Waals surface area contributed by atoms with Crippen LogP contribution in [0, 0.1) is 0 Å². The SMILES string of the molecule is COCCN(Cc1cccc2ccccc12)C(=O)Cc1cncnc1. The zero-order chi connectivity index (χ0) is 17.5. The Hall–Kier alpha value is -2.79. The van der Waals surface area contributed by atoms with Gasteiger partial charge in [0, 0.05) is 32.6 Å². The van der Waals surface area contributed by atoms with Crippen LogP contribution in [-0.2, 0) is 22.5 Å². The number of carbonyl (C=O) groups excluding carboxylic acids is 1. The van der Waals surface area contributed by atoms with E-state index in [1.807, 2.05) is 23.1 Å². The Labute approximate surface area is 147 Å². The second-order valence-electron chi connectivity index (χ2n) is 5.87. The molecule has 0 saturated carbocycles. The van der Waals surface area contributed by atoms with E-state index in [9.17, 15) is 4.79 Å². The van der Waals surface area contributed by atoms with Gasteiger partial charge in [0.05, 0.1) is 13.0 Å². The summed E-state index contributed by atoms with van der Waals surface area (Å²) in [4.78, 5) is 22.6. The lowest BCUT2D eigenvalue weighted by Gasteiger charge is -2.23. The Bertz CT molecular complexity index is 831. The van der Waals surface area contributed by atoms with Crippen LogP contribution in [0.4, 0.5) is 0 Å². The number of hydrogen-bond acceptors (Lipinski definition) is 4. The summed E-state index contributed by atoms with van der Waals surface area (Å²) in [7, 11) is 1.64. The molecule has 2 aromatic carbocycles. The molecule has 0 spiro atoms. The molecule has 0 N–H and O–H groups in total. The van der Waals surface area contributed by atoms with E-state index in [0.29, 0.717) is 19.7 Å². The lowest BCUT2D eigenvalue weighted by atomic mass is 10.0. The zero-order valence-electron chi connectivity index (χ0n) is 14.3. The first-order valence-corrected chi connectivity index (χ1v) is 8.25. The first-order chi connectivity index (χ1) is 12.3. The molecule has 0 saturated heterocycles. The molecule has 0 atom stereocenters. The van der Waals surface area contributed by atoms with Gasteiger partial charge < -0.3 is 9.64 Å². The fourth-order valence-corrected chi connectivity index (χ4v) is 2.84. The van der Waals surface area contributed by atoms with E-state index in [0.717, 1.165) is 11.1 Å². The molecule has 5 nitrogen and oxygen atoms in total. The molecule has 3 aromatic rings. The number of benzene rings is 2. The molecular formula is C20H21N3O2. The number of methoxy groups -OCH3 is 1. The number of rotatable bonds is 7. The Kier molecular flexibility index (Phi) is 5.69. The second kappa shape index (κ2) is 8.35. The minimum absolute atomic E-state index is 0.0415. The van der Waals surface area contributed by atoms with Gasteiger partial charge in [-0.25, -0.2) is 9.97 Å². The fourth-order valence-electron chi connectivity index (χ4n) is 2.84. The van der Waals surface area contributed by atoms with Crippen molar-refractivity contribution in [3.8, 4) is 0 Å². The summed E-state index contributed by atoms with van der Waals surface area (Å²) in [6, 6.07) is 14.4. The first kappa shape index (κ1) is 17.0. The molecule has 1 amide bonds. The molecule has 25 heavy (non-hydrogen) atoms. The predicted octanol–water partition coefficient (Wildman–Crippen LogP) is 2.85. The molecule has 1 aromatic heterocycles. The summed E-state index contributed by atoms with van der Waals surface area (Å²) in [5, 5.41) is 2.35. The van der Waals surface area contributed by atoms with Crippen LogP contribution in [0.15, 0.2) is 61.2 Å². The van der Waals surface area contributed by atoms with Crippen LogP contribution >= 0.6 is 0 Å². The predicted molar refractivity (Wildman–Crippen MR) is 97.0 cm³/mol. The maximum absolute atomic E-state index is 12.8. The molecule has 0 unspecified atom stereocenters. The quantitative estimate of drug-likeness (QED) is 0.666. The van der Waals surface area contributed by atoms with Crippen molar-refractivity contribution in [2.24, 2.45) is 0 Å². The molecule has 1 heterocycles. The van der Waals surface area contributed by atoms with E-state index in [1.54, 1.807) is 19.5 Å².